The Morgan fingerprint density at radius 2 is 1.96 bits per heavy atom. The second-order valence-corrected chi connectivity index (χ2v) is 6.45. The molecule has 1 saturated heterocycles. The third-order valence-corrected chi connectivity index (χ3v) is 4.58. The van der Waals surface area contributed by atoms with E-state index >= 15 is 0 Å². The van der Waals surface area contributed by atoms with Crippen molar-refractivity contribution >= 4 is 5.91 Å². The van der Waals surface area contributed by atoms with E-state index in [0.29, 0.717) is 36.3 Å². The lowest BCUT2D eigenvalue weighted by atomic mass is 10.1. The zero-order valence-electron chi connectivity index (χ0n) is 14.6. The summed E-state index contributed by atoms with van der Waals surface area (Å²) < 4.78 is 17.4. The summed E-state index contributed by atoms with van der Waals surface area (Å²) in [6, 6.07) is 9.17. The average molecular weight is 355 g/mol. The summed E-state index contributed by atoms with van der Waals surface area (Å²) in [4.78, 5) is 22.9. The number of carbonyl (C=O) groups is 1. The van der Waals surface area contributed by atoms with Crippen LogP contribution in [0.4, 0.5) is 0 Å². The Kier molecular flexibility index (Phi) is 4.60. The molecule has 0 spiro atoms. The van der Waals surface area contributed by atoms with Crippen LogP contribution in [0.15, 0.2) is 36.5 Å². The lowest BCUT2D eigenvalue weighted by molar-refractivity contribution is -0.143. The summed E-state index contributed by atoms with van der Waals surface area (Å²) in [6.45, 7) is 3.34. The van der Waals surface area contributed by atoms with Gasteiger partial charge in [0.1, 0.15) is 18.5 Å². The molecule has 2 aromatic rings. The van der Waals surface area contributed by atoms with Crippen LogP contribution in [0, 0.1) is 6.92 Å². The monoisotopic (exact) mass is 355 g/mol. The predicted molar refractivity (Wildman–Crippen MR) is 93.4 cm³/mol. The zero-order valence-corrected chi connectivity index (χ0v) is 14.6. The quantitative estimate of drug-likeness (QED) is 0.838. The Balaban J connectivity index is 1.31. The number of carbonyl (C=O) groups excluding carboxylic acids is 1. The van der Waals surface area contributed by atoms with Crippen molar-refractivity contribution in [1.29, 1.82) is 0 Å². The SMILES string of the molecule is Cc1nccc(OC2CCN(C(=O)C3COc4ccccc4O3)CC2)n1. The van der Waals surface area contributed by atoms with E-state index in [2.05, 4.69) is 9.97 Å². The molecule has 0 radical (unpaired) electrons. The van der Waals surface area contributed by atoms with Crippen LogP contribution in [0.3, 0.4) is 0 Å². The Labute approximate surface area is 151 Å². The standard InChI is InChI=1S/C19H21N3O4/c1-13-20-9-6-18(21-13)25-14-7-10-22(11-8-14)19(23)17-12-24-15-4-2-3-5-16(15)26-17/h2-6,9,14,17H,7-8,10-12H2,1H3. The molecule has 7 nitrogen and oxygen atoms in total. The van der Waals surface area contributed by atoms with Crippen LogP contribution >= 0.6 is 0 Å². The first-order valence-corrected chi connectivity index (χ1v) is 8.82. The summed E-state index contributed by atoms with van der Waals surface area (Å²) in [5, 5.41) is 0. The van der Waals surface area contributed by atoms with E-state index in [4.69, 9.17) is 14.2 Å². The van der Waals surface area contributed by atoms with Crippen molar-refractivity contribution in [1.82, 2.24) is 14.9 Å². The van der Waals surface area contributed by atoms with Gasteiger partial charge >= 0.3 is 0 Å². The molecule has 4 rings (SSSR count). The summed E-state index contributed by atoms with van der Waals surface area (Å²) in [5.74, 6) is 2.54. The fraction of sp³-hybridized carbons (Fsp3) is 0.421. The Bertz CT molecular complexity index is 790. The van der Waals surface area contributed by atoms with Gasteiger partial charge in [0.15, 0.2) is 11.5 Å². The summed E-state index contributed by atoms with van der Waals surface area (Å²) >= 11 is 0. The van der Waals surface area contributed by atoms with Crippen molar-refractivity contribution in [2.75, 3.05) is 19.7 Å². The topological polar surface area (TPSA) is 73.8 Å². The van der Waals surface area contributed by atoms with Gasteiger partial charge in [0.05, 0.1) is 0 Å². The number of rotatable bonds is 3. The molecular weight excluding hydrogens is 334 g/mol. The number of aryl methyl sites for hydroxylation is 1. The van der Waals surface area contributed by atoms with E-state index < -0.39 is 6.10 Å². The molecule has 1 fully saturated rings. The fourth-order valence-corrected chi connectivity index (χ4v) is 3.21. The number of fused-ring (bicyclic) bond motifs is 1. The van der Waals surface area contributed by atoms with Crippen LogP contribution in [0.1, 0.15) is 18.7 Å². The van der Waals surface area contributed by atoms with E-state index in [-0.39, 0.29) is 18.6 Å². The number of amides is 1. The Morgan fingerprint density at radius 3 is 2.73 bits per heavy atom. The minimum Gasteiger partial charge on any atom is -0.485 e. The van der Waals surface area contributed by atoms with Crippen LogP contribution in [-0.2, 0) is 4.79 Å². The van der Waals surface area contributed by atoms with E-state index in [0.717, 1.165) is 12.8 Å². The zero-order chi connectivity index (χ0) is 17.9. The molecule has 1 atom stereocenters. The molecule has 0 N–H and O–H groups in total. The van der Waals surface area contributed by atoms with Crippen LogP contribution < -0.4 is 14.2 Å². The molecule has 136 valence electrons. The van der Waals surface area contributed by atoms with Crippen LogP contribution in [-0.4, -0.2) is 52.7 Å². The number of ether oxygens (including phenoxy) is 3. The normalized spacial score (nSPS) is 19.9. The third kappa shape index (κ3) is 3.56. The molecule has 26 heavy (non-hydrogen) atoms. The van der Waals surface area contributed by atoms with Gasteiger partial charge < -0.3 is 19.1 Å². The molecule has 1 aromatic carbocycles. The van der Waals surface area contributed by atoms with Gasteiger partial charge in [-0.25, -0.2) is 4.98 Å². The first-order chi connectivity index (χ1) is 12.7. The fourth-order valence-electron chi connectivity index (χ4n) is 3.21. The first-order valence-electron chi connectivity index (χ1n) is 8.82. The maximum absolute atomic E-state index is 12.7. The number of hydrogen-bond donors (Lipinski definition) is 0. The molecule has 0 bridgehead atoms. The van der Waals surface area contributed by atoms with E-state index in [9.17, 15) is 4.79 Å². The third-order valence-electron chi connectivity index (χ3n) is 4.58. The van der Waals surface area contributed by atoms with Gasteiger partial charge in [-0.15, -0.1) is 0 Å². The van der Waals surface area contributed by atoms with Gasteiger partial charge in [-0.2, -0.15) is 4.98 Å². The number of benzene rings is 1. The highest BCUT2D eigenvalue weighted by Crippen LogP contribution is 2.31. The second-order valence-electron chi connectivity index (χ2n) is 6.45. The lowest BCUT2D eigenvalue weighted by Gasteiger charge is -2.35. The number of likely N-dealkylation sites (tertiary alicyclic amines) is 1. The molecule has 3 heterocycles. The van der Waals surface area contributed by atoms with E-state index in [1.165, 1.54) is 0 Å². The van der Waals surface area contributed by atoms with Crippen molar-refractivity contribution in [3.63, 3.8) is 0 Å². The minimum absolute atomic E-state index is 0.0316. The maximum atomic E-state index is 12.7. The summed E-state index contributed by atoms with van der Waals surface area (Å²) in [5.41, 5.74) is 0. The molecule has 0 aliphatic carbocycles. The molecule has 1 amide bonds. The van der Waals surface area contributed by atoms with Crippen LogP contribution in [0.2, 0.25) is 0 Å². The van der Waals surface area contributed by atoms with Crippen LogP contribution in [0.25, 0.3) is 0 Å². The molecule has 2 aliphatic rings. The Morgan fingerprint density at radius 1 is 1.19 bits per heavy atom. The second kappa shape index (κ2) is 7.19. The highest BCUT2D eigenvalue weighted by atomic mass is 16.6. The molecule has 2 aliphatic heterocycles. The molecule has 1 unspecified atom stereocenters. The van der Waals surface area contributed by atoms with Gasteiger partial charge in [-0.1, -0.05) is 12.1 Å². The van der Waals surface area contributed by atoms with Crippen molar-refractivity contribution in [3.8, 4) is 17.4 Å². The number of piperidine rings is 1. The van der Waals surface area contributed by atoms with Crippen molar-refractivity contribution in [3.05, 3.63) is 42.4 Å². The van der Waals surface area contributed by atoms with Crippen molar-refractivity contribution in [2.24, 2.45) is 0 Å². The largest absolute Gasteiger partial charge is 0.485 e. The number of aromatic nitrogens is 2. The van der Waals surface area contributed by atoms with Gasteiger partial charge in [0, 0.05) is 38.2 Å². The number of nitrogens with zero attached hydrogens (tertiary/aromatic N) is 3. The average Bonchev–Trinajstić information content (AvgIpc) is 2.68. The number of para-hydroxylation sites is 2. The number of hydrogen-bond acceptors (Lipinski definition) is 6. The minimum atomic E-state index is -0.591. The Hall–Kier alpha value is -2.83. The van der Waals surface area contributed by atoms with Gasteiger partial charge in [0.25, 0.3) is 5.91 Å². The highest BCUT2D eigenvalue weighted by molar-refractivity contribution is 5.82. The first kappa shape index (κ1) is 16.6. The summed E-state index contributed by atoms with van der Waals surface area (Å²) in [7, 11) is 0. The van der Waals surface area contributed by atoms with Gasteiger partial charge in [-0.05, 0) is 19.1 Å². The van der Waals surface area contributed by atoms with Crippen molar-refractivity contribution in [2.45, 2.75) is 32.0 Å². The van der Waals surface area contributed by atoms with E-state index in [1.807, 2.05) is 36.1 Å². The molecule has 7 heteroatoms. The molecular formula is C19H21N3O4. The molecule has 1 aromatic heterocycles. The van der Waals surface area contributed by atoms with Crippen LogP contribution in [0.5, 0.6) is 17.4 Å². The maximum Gasteiger partial charge on any atom is 0.267 e. The van der Waals surface area contributed by atoms with Crippen molar-refractivity contribution < 1.29 is 19.0 Å². The lowest BCUT2D eigenvalue weighted by Crippen LogP contribution is -2.50. The van der Waals surface area contributed by atoms with E-state index in [1.54, 1.807) is 12.3 Å². The van der Waals surface area contributed by atoms with Gasteiger partial charge in [0.2, 0.25) is 12.0 Å². The smallest absolute Gasteiger partial charge is 0.267 e. The van der Waals surface area contributed by atoms with Gasteiger partial charge in [-0.3, -0.25) is 4.79 Å². The summed E-state index contributed by atoms with van der Waals surface area (Å²) in [6.07, 6.45) is 2.68. The predicted octanol–water partition coefficient (Wildman–Crippen LogP) is 1.99. The molecule has 0 saturated carbocycles. The highest BCUT2D eigenvalue weighted by Gasteiger charge is 2.33.